The molecule has 7 aromatic carbocycles. The van der Waals surface area contributed by atoms with E-state index in [-0.39, 0.29) is 53.0 Å². The highest BCUT2D eigenvalue weighted by Crippen LogP contribution is 2.41. The third-order valence-corrected chi connectivity index (χ3v) is 9.61. The van der Waals surface area contributed by atoms with Crippen molar-refractivity contribution in [2.45, 2.75) is 0 Å². The molecule has 0 unspecified atom stereocenters. The number of hydrogen-bond acceptors (Lipinski definition) is 4. The van der Waals surface area contributed by atoms with Gasteiger partial charge in [0.1, 0.15) is 0 Å². The molecule has 0 atom stereocenters. The van der Waals surface area contributed by atoms with Crippen LogP contribution in [0.2, 0.25) is 0 Å². The van der Waals surface area contributed by atoms with Crippen LogP contribution in [0.1, 0.15) is 8.22 Å². The van der Waals surface area contributed by atoms with Crippen LogP contribution in [0.4, 0.5) is 0 Å². The van der Waals surface area contributed by atoms with Crippen molar-refractivity contribution in [1.82, 2.24) is 15.0 Å². The lowest BCUT2D eigenvalue weighted by atomic mass is 10.0. The fraction of sp³-hybridized carbons (Fsp3) is 0. The highest BCUT2D eigenvalue weighted by Gasteiger charge is 2.16. The molecule has 0 saturated carbocycles. The lowest BCUT2D eigenvalue weighted by Gasteiger charge is -2.10. The van der Waals surface area contributed by atoms with Gasteiger partial charge in [0.15, 0.2) is 17.5 Å². The van der Waals surface area contributed by atoms with Crippen molar-refractivity contribution in [3.63, 3.8) is 0 Å². The first kappa shape index (κ1) is 23.2. The van der Waals surface area contributed by atoms with Gasteiger partial charge in [-0.05, 0) is 39.4 Å². The molecule has 0 amide bonds. The molecule has 0 saturated heterocycles. The molecule has 9 aromatic rings. The standard InChI is InChI=1S/C45H29N3S/c1-4-11-30(12-5-1)32-19-23-35(24-20-32)43-46-44(36-25-21-33(22-26-36)31-13-6-2-7-14-31)48-45(47-43)37-27-28-39-40-18-10-17-38(34-15-8-3-9-16-34)42(40)49-41(39)29-37/h1-29H/i10D,17D,18D,27D,28D,29D. The number of fused-ring (bicyclic) bond motifs is 3. The van der Waals surface area contributed by atoms with Gasteiger partial charge in [0.05, 0.1) is 8.22 Å². The Balaban J connectivity index is 1.26. The molecule has 2 aromatic heterocycles. The quantitative estimate of drug-likeness (QED) is 0.180. The minimum absolute atomic E-state index is 0.0596. The van der Waals surface area contributed by atoms with Crippen molar-refractivity contribution in [3.8, 4) is 67.5 Å². The molecule has 9 rings (SSSR count). The molecule has 0 N–H and O–H groups in total. The molecular weight excluding hydrogens is 615 g/mol. The van der Waals surface area contributed by atoms with E-state index in [1.807, 2.05) is 140 Å². The normalized spacial score (nSPS) is 13.0. The Bertz CT molecular complexity index is 2800. The van der Waals surface area contributed by atoms with Crippen molar-refractivity contribution < 1.29 is 8.22 Å². The summed E-state index contributed by atoms with van der Waals surface area (Å²) in [4.78, 5) is 14.6. The van der Waals surface area contributed by atoms with Crippen LogP contribution in [0.5, 0.6) is 0 Å². The van der Waals surface area contributed by atoms with Crippen LogP contribution in [-0.4, -0.2) is 15.0 Å². The summed E-state index contributed by atoms with van der Waals surface area (Å²) in [5, 5.41) is 0.546. The zero-order valence-electron chi connectivity index (χ0n) is 32.0. The van der Waals surface area contributed by atoms with E-state index in [4.69, 9.17) is 19.1 Å². The summed E-state index contributed by atoms with van der Waals surface area (Å²) in [5.41, 5.74) is 6.87. The number of rotatable bonds is 6. The summed E-state index contributed by atoms with van der Waals surface area (Å²) >= 11 is 1.19. The van der Waals surface area contributed by atoms with Gasteiger partial charge in [-0.3, -0.25) is 0 Å². The summed E-state index contributed by atoms with van der Waals surface area (Å²) in [7, 11) is 0. The van der Waals surface area contributed by atoms with Gasteiger partial charge in [-0.1, -0.05) is 170 Å². The molecule has 4 heteroatoms. The molecule has 0 aliphatic rings. The number of nitrogens with zero attached hydrogens (tertiary/aromatic N) is 3. The van der Waals surface area contributed by atoms with E-state index < -0.39 is 0 Å². The Morgan fingerprint density at radius 2 is 0.837 bits per heavy atom. The van der Waals surface area contributed by atoms with E-state index in [9.17, 15) is 4.11 Å². The van der Waals surface area contributed by atoms with Crippen LogP contribution in [0, 0.1) is 0 Å². The highest BCUT2D eigenvalue weighted by molar-refractivity contribution is 7.26. The van der Waals surface area contributed by atoms with Crippen LogP contribution >= 0.6 is 11.3 Å². The molecule has 49 heavy (non-hydrogen) atoms. The van der Waals surface area contributed by atoms with Crippen molar-refractivity contribution in [2.75, 3.05) is 0 Å². The average Bonchev–Trinajstić information content (AvgIpc) is 3.64. The lowest BCUT2D eigenvalue weighted by molar-refractivity contribution is 1.07. The third kappa shape index (κ3) is 5.58. The Morgan fingerprint density at radius 1 is 0.388 bits per heavy atom. The van der Waals surface area contributed by atoms with Gasteiger partial charge in [-0.15, -0.1) is 11.3 Å². The van der Waals surface area contributed by atoms with Crippen LogP contribution < -0.4 is 0 Å². The molecule has 2 heterocycles. The summed E-state index contributed by atoms with van der Waals surface area (Å²) < 4.78 is 55.4. The predicted molar refractivity (Wildman–Crippen MR) is 205 cm³/mol. The van der Waals surface area contributed by atoms with Crippen LogP contribution in [-0.2, 0) is 0 Å². The highest BCUT2D eigenvalue weighted by atomic mass is 32.1. The van der Waals surface area contributed by atoms with E-state index >= 15 is 0 Å². The molecule has 230 valence electrons. The van der Waals surface area contributed by atoms with Crippen LogP contribution in [0.15, 0.2) is 176 Å². The fourth-order valence-electron chi connectivity index (χ4n) is 5.97. The first-order chi connectivity index (χ1) is 26.8. The number of benzene rings is 7. The van der Waals surface area contributed by atoms with Crippen LogP contribution in [0.3, 0.4) is 0 Å². The SMILES string of the molecule is [2H]c1c([2H])c([2H])c2c(sc3c([2H])c(-c4nc(-c5ccc(-c6ccccc6)cc5)nc(-c5ccc(-c6ccccc6)cc5)n4)c([2H])c([2H])c32)c1-c1ccccc1. The minimum atomic E-state index is -0.268. The topological polar surface area (TPSA) is 38.7 Å². The van der Waals surface area contributed by atoms with Gasteiger partial charge in [0, 0.05) is 36.9 Å². The molecule has 0 spiro atoms. The minimum Gasteiger partial charge on any atom is -0.208 e. The molecule has 3 nitrogen and oxygen atoms in total. The van der Waals surface area contributed by atoms with Gasteiger partial charge in [0.2, 0.25) is 0 Å². The van der Waals surface area contributed by atoms with Crippen LogP contribution in [0.25, 0.3) is 87.7 Å². The second kappa shape index (κ2) is 12.4. The van der Waals surface area contributed by atoms with E-state index in [0.29, 0.717) is 37.6 Å². The third-order valence-electron chi connectivity index (χ3n) is 8.48. The molecule has 0 bridgehead atoms. The number of aromatic nitrogens is 3. The van der Waals surface area contributed by atoms with Gasteiger partial charge >= 0.3 is 0 Å². The first-order valence-corrected chi connectivity index (χ1v) is 16.7. The average molecular weight is 650 g/mol. The molecule has 0 radical (unpaired) electrons. The van der Waals surface area contributed by atoms with E-state index in [2.05, 4.69) is 0 Å². The summed E-state index contributed by atoms with van der Waals surface area (Å²) in [6.45, 7) is 0. The molecular formula is C45H29N3S. The summed E-state index contributed by atoms with van der Waals surface area (Å²) in [5.74, 6) is 0.788. The molecule has 0 aliphatic carbocycles. The molecule has 0 aliphatic heterocycles. The predicted octanol–water partition coefficient (Wildman–Crippen LogP) is 12.2. The Labute approximate surface area is 297 Å². The fourth-order valence-corrected chi connectivity index (χ4v) is 7.11. The van der Waals surface area contributed by atoms with Gasteiger partial charge in [0.25, 0.3) is 0 Å². The first-order valence-electron chi connectivity index (χ1n) is 18.9. The Kier molecular flexibility index (Phi) is 5.87. The summed E-state index contributed by atoms with van der Waals surface area (Å²) in [6, 6.07) is 44.0. The monoisotopic (exact) mass is 649 g/mol. The van der Waals surface area contributed by atoms with E-state index in [1.165, 1.54) is 11.3 Å². The Hall–Kier alpha value is -6.23. The zero-order chi connectivity index (χ0) is 37.8. The van der Waals surface area contributed by atoms with Crippen molar-refractivity contribution >= 4 is 31.5 Å². The smallest absolute Gasteiger partial charge is 0.164 e. The maximum Gasteiger partial charge on any atom is 0.164 e. The van der Waals surface area contributed by atoms with Crippen molar-refractivity contribution in [2.24, 2.45) is 0 Å². The van der Waals surface area contributed by atoms with Crippen molar-refractivity contribution in [1.29, 1.82) is 0 Å². The second-order valence-corrected chi connectivity index (χ2v) is 12.6. The number of hydrogen-bond donors (Lipinski definition) is 0. The largest absolute Gasteiger partial charge is 0.208 e. The van der Waals surface area contributed by atoms with Gasteiger partial charge < -0.3 is 0 Å². The van der Waals surface area contributed by atoms with Gasteiger partial charge in [-0.25, -0.2) is 15.0 Å². The maximum atomic E-state index is 9.55. The van der Waals surface area contributed by atoms with E-state index in [1.54, 1.807) is 0 Å². The zero-order valence-corrected chi connectivity index (χ0v) is 26.8. The van der Waals surface area contributed by atoms with E-state index in [0.717, 1.165) is 33.4 Å². The second-order valence-electron chi connectivity index (χ2n) is 11.6. The van der Waals surface area contributed by atoms with Gasteiger partial charge in [-0.2, -0.15) is 0 Å². The van der Waals surface area contributed by atoms with Crippen molar-refractivity contribution in [3.05, 3.63) is 176 Å². The number of thiophene rings is 1. The molecule has 0 fully saturated rings. The lowest BCUT2D eigenvalue weighted by Crippen LogP contribution is -2.00. The Morgan fingerprint density at radius 3 is 1.37 bits per heavy atom. The summed E-state index contributed by atoms with van der Waals surface area (Å²) in [6.07, 6.45) is 0. The maximum absolute atomic E-state index is 9.55.